The van der Waals surface area contributed by atoms with E-state index in [1.807, 2.05) is 37.1 Å². The standard InChI is InChI=1S/C20H31N3O3/c1-14-8-6-9-15(2)23(14)20(25)16(3)22(4)13-19(24)21-17-10-7-11-18(12-17)26-5/h7,10-12,14-16H,6,8-9,13H2,1-5H3,(H,21,24)/p+1/t14-,15-,16-/m1/s1. The second-order valence-corrected chi connectivity index (χ2v) is 7.40. The summed E-state index contributed by atoms with van der Waals surface area (Å²) in [6, 6.07) is 7.54. The van der Waals surface area contributed by atoms with Gasteiger partial charge in [0.25, 0.3) is 11.8 Å². The second-order valence-electron chi connectivity index (χ2n) is 7.40. The molecule has 0 saturated carbocycles. The Hall–Kier alpha value is -2.08. The van der Waals surface area contributed by atoms with Crippen molar-refractivity contribution in [1.29, 1.82) is 0 Å². The third-order valence-electron chi connectivity index (χ3n) is 5.35. The molecule has 0 radical (unpaired) electrons. The molecule has 1 heterocycles. The van der Waals surface area contributed by atoms with Crippen molar-refractivity contribution in [2.75, 3.05) is 26.0 Å². The Balaban J connectivity index is 1.93. The molecule has 1 fully saturated rings. The summed E-state index contributed by atoms with van der Waals surface area (Å²) in [5.41, 5.74) is 0.694. The average molecular weight is 362 g/mol. The van der Waals surface area contributed by atoms with Crippen molar-refractivity contribution in [3.8, 4) is 5.75 Å². The van der Waals surface area contributed by atoms with Crippen LogP contribution in [0, 0.1) is 0 Å². The van der Waals surface area contributed by atoms with E-state index in [2.05, 4.69) is 19.2 Å². The van der Waals surface area contributed by atoms with Crippen LogP contribution in [-0.4, -0.2) is 55.5 Å². The Bertz CT molecular complexity index is 624. The van der Waals surface area contributed by atoms with Gasteiger partial charge in [0.1, 0.15) is 5.75 Å². The molecule has 4 atom stereocenters. The summed E-state index contributed by atoms with van der Waals surface area (Å²) in [4.78, 5) is 28.2. The van der Waals surface area contributed by atoms with Gasteiger partial charge in [-0.05, 0) is 52.2 Å². The van der Waals surface area contributed by atoms with Crippen molar-refractivity contribution in [2.24, 2.45) is 0 Å². The predicted molar refractivity (Wildman–Crippen MR) is 102 cm³/mol. The molecule has 0 bridgehead atoms. The van der Waals surface area contributed by atoms with Gasteiger partial charge in [-0.15, -0.1) is 0 Å². The molecular formula is C20H32N3O3+. The van der Waals surface area contributed by atoms with E-state index < -0.39 is 0 Å². The lowest BCUT2D eigenvalue weighted by Gasteiger charge is -2.40. The van der Waals surface area contributed by atoms with Gasteiger partial charge in [-0.25, -0.2) is 0 Å². The number of nitrogens with zero attached hydrogens (tertiary/aromatic N) is 1. The molecular weight excluding hydrogens is 330 g/mol. The lowest BCUT2D eigenvalue weighted by molar-refractivity contribution is -0.886. The van der Waals surface area contributed by atoms with Crippen LogP contribution in [0.4, 0.5) is 5.69 Å². The molecule has 1 saturated heterocycles. The third kappa shape index (κ3) is 4.97. The molecule has 2 N–H and O–H groups in total. The van der Waals surface area contributed by atoms with Gasteiger partial charge >= 0.3 is 0 Å². The van der Waals surface area contributed by atoms with E-state index in [9.17, 15) is 9.59 Å². The fourth-order valence-electron chi connectivity index (χ4n) is 3.60. The van der Waals surface area contributed by atoms with E-state index in [0.29, 0.717) is 11.4 Å². The molecule has 26 heavy (non-hydrogen) atoms. The van der Waals surface area contributed by atoms with Crippen LogP contribution >= 0.6 is 0 Å². The lowest BCUT2D eigenvalue weighted by Crippen LogP contribution is -3.15. The largest absolute Gasteiger partial charge is 0.497 e. The number of hydrogen-bond donors (Lipinski definition) is 2. The van der Waals surface area contributed by atoms with Crippen LogP contribution in [0.5, 0.6) is 5.75 Å². The first kappa shape index (κ1) is 20.2. The number of benzene rings is 1. The highest BCUT2D eigenvalue weighted by Crippen LogP contribution is 2.23. The van der Waals surface area contributed by atoms with Gasteiger partial charge in [0, 0.05) is 23.8 Å². The van der Waals surface area contributed by atoms with Crippen LogP contribution < -0.4 is 15.0 Å². The minimum Gasteiger partial charge on any atom is -0.497 e. The molecule has 6 nitrogen and oxygen atoms in total. The summed E-state index contributed by atoms with van der Waals surface area (Å²) in [5, 5.41) is 2.87. The van der Waals surface area contributed by atoms with Gasteiger partial charge in [-0.2, -0.15) is 0 Å². The van der Waals surface area contributed by atoms with E-state index in [4.69, 9.17) is 4.74 Å². The normalized spacial score (nSPS) is 22.4. The SMILES string of the molecule is COc1cccc(NC(=O)C[NH+](C)[C@H](C)C(=O)N2[C@H](C)CCC[C@H]2C)c1. The minimum absolute atomic E-state index is 0.116. The molecule has 1 aromatic carbocycles. The zero-order chi connectivity index (χ0) is 19.3. The van der Waals surface area contributed by atoms with Crippen LogP contribution in [0.2, 0.25) is 0 Å². The zero-order valence-electron chi connectivity index (χ0n) is 16.5. The number of rotatable bonds is 6. The second kappa shape index (κ2) is 9.03. The highest BCUT2D eigenvalue weighted by Gasteiger charge is 2.35. The first-order valence-electron chi connectivity index (χ1n) is 9.41. The number of likely N-dealkylation sites (N-methyl/N-ethyl adjacent to an activating group) is 1. The molecule has 2 amide bonds. The number of hydrogen-bond acceptors (Lipinski definition) is 3. The molecule has 144 valence electrons. The molecule has 1 aliphatic rings. The summed E-state index contributed by atoms with van der Waals surface area (Å²) < 4.78 is 5.17. The summed E-state index contributed by atoms with van der Waals surface area (Å²) in [6.07, 6.45) is 3.28. The number of methoxy groups -OCH3 is 1. The lowest BCUT2D eigenvalue weighted by atomic mass is 9.96. The fraction of sp³-hybridized carbons (Fsp3) is 0.600. The number of piperidine rings is 1. The number of likely N-dealkylation sites (tertiary alicyclic amines) is 1. The van der Waals surface area contributed by atoms with Gasteiger partial charge in [-0.3, -0.25) is 9.59 Å². The maximum atomic E-state index is 12.9. The maximum absolute atomic E-state index is 12.9. The van der Waals surface area contributed by atoms with Crippen LogP contribution in [0.3, 0.4) is 0 Å². The Labute approximate surface area is 156 Å². The van der Waals surface area contributed by atoms with Crippen molar-refractivity contribution < 1.29 is 19.2 Å². The number of ether oxygens (including phenoxy) is 1. The first-order valence-corrected chi connectivity index (χ1v) is 9.41. The molecule has 0 spiro atoms. The molecule has 6 heteroatoms. The van der Waals surface area contributed by atoms with Gasteiger partial charge in [-0.1, -0.05) is 6.07 Å². The first-order chi connectivity index (χ1) is 12.3. The van der Waals surface area contributed by atoms with E-state index in [1.54, 1.807) is 13.2 Å². The van der Waals surface area contributed by atoms with Crippen LogP contribution in [0.25, 0.3) is 0 Å². The molecule has 0 aliphatic carbocycles. The van der Waals surface area contributed by atoms with Gasteiger partial charge in [0.05, 0.1) is 14.2 Å². The number of carbonyl (C=O) groups excluding carboxylic acids is 2. The molecule has 0 aromatic heterocycles. The van der Waals surface area contributed by atoms with Gasteiger partial charge in [0.15, 0.2) is 12.6 Å². The zero-order valence-corrected chi connectivity index (χ0v) is 16.5. The van der Waals surface area contributed by atoms with Crippen molar-refractivity contribution in [1.82, 2.24) is 4.90 Å². The number of nitrogens with one attached hydrogen (secondary N) is 2. The minimum atomic E-state index is -0.256. The number of carbonyl (C=O) groups is 2. The van der Waals surface area contributed by atoms with Crippen LogP contribution in [-0.2, 0) is 9.59 Å². The summed E-state index contributed by atoms with van der Waals surface area (Å²) >= 11 is 0. The summed E-state index contributed by atoms with van der Waals surface area (Å²) in [6.45, 7) is 6.38. The number of amides is 2. The number of anilines is 1. The highest BCUT2D eigenvalue weighted by molar-refractivity contribution is 5.91. The summed E-state index contributed by atoms with van der Waals surface area (Å²) in [5.74, 6) is 0.714. The molecule has 1 aromatic rings. The van der Waals surface area contributed by atoms with Gasteiger partial charge < -0.3 is 19.9 Å². The molecule has 2 rings (SSSR count). The topological polar surface area (TPSA) is 63.1 Å². The molecule has 1 aliphatic heterocycles. The van der Waals surface area contributed by atoms with Crippen LogP contribution in [0.15, 0.2) is 24.3 Å². The Morgan fingerprint density at radius 2 is 1.96 bits per heavy atom. The fourth-order valence-corrected chi connectivity index (χ4v) is 3.60. The van der Waals surface area contributed by atoms with Crippen molar-refractivity contribution in [2.45, 2.75) is 58.2 Å². The van der Waals surface area contributed by atoms with Crippen molar-refractivity contribution in [3.05, 3.63) is 24.3 Å². The van der Waals surface area contributed by atoms with E-state index in [-0.39, 0.29) is 36.5 Å². The van der Waals surface area contributed by atoms with E-state index >= 15 is 0 Å². The monoisotopic (exact) mass is 362 g/mol. The van der Waals surface area contributed by atoms with Gasteiger partial charge in [0.2, 0.25) is 0 Å². The summed E-state index contributed by atoms with van der Waals surface area (Å²) in [7, 11) is 3.49. The average Bonchev–Trinajstić information content (AvgIpc) is 2.60. The van der Waals surface area contributed by atoms with Crippen molar-refractivity contribution in [3.63, 3.8) is 0 Å². The van der Waals surface area contributed by atoms with E-state index in [1.165, 1.54) is 6.42 Å². The Kier molecular flexibility index (Phi) is 7.03. The Morgan fingerprint density at radius 1 is 1.31 bits per heavy atom. The van der Waals surface area contributed by atoms with E-state index in [0.717, 1.165) is 17.7 Å². The highest BCUT2D eigenvalue weighted by atomic mass is 16.5. The maximum Gasteiger partial charge on any atom is 0.281 e. The quantitative estimate of drug-likeness (QED) is 0.802. The third-order valence-corrected chi connectivity index (χ3v) is 5.35. The Morgan fingerprint density at radius 3 is 2.58 bits per heavy atom. The smallest absolute Gasteiger partial charge is 0.281 e. The molecule has 1 unspecified atom stereocenters. The number of quaternary nitrogens is 1. The van der Waals surface area contributed by atoms with Crippen LogP contribution in [0.1, 0.15) is 40.0 Å². The van der Waals surface area contributed by atoms with Crippen molar-refractivity contribution >= 4 is 17.5 Å². The predicted octanol–water partition coefficient (Wildman–Crippen LogP) is 1.33.